The SMILES string of the molecule is CCCC1/C=C\C2(C)C=CC(=NC2)/C(C)=C(/C)C2C=CC=CC12. The Morgan fingerprint density at radius 2 is 1.91 bits per heavy atom. The van der Waals surface area contributed by atoms with E-state index in [0.29, 0.717) is 17.8 Å². The maximum atomic E-state index is 4.89. The van der Waals surface area contributed by atoms with Crippen molar-refractivity contribution < 1.29 is 0 Å². The van der Waals surface area contributed by atoms with Crippen LogP contribution < -0.4 is 0 Å². The van der Waals surface area contributed by atoms with E-state index < -0.39 is 0 Å². The van der Waals surface area contributed by atoms with Gasteiger partial charge in [0.15, 0.2) is 0 Å². The molecule has 2 heterocycles. The maximum Gasteiger partial charge on any atom is 0.0600 e. The van der Waals surface area contributed by atoms with Gasteiger partial charge in [0, 0.05) is 11.3 Å². The molecule has 0 radical (unpaired) electrons. The number of dihydropyridines is 1. The van der Waals surface area contributed by atoms with Crippen LogP contribution in [-0.2, 0) is 0 Å². The van der Waals surface area contributed by atoms with Crippen LogP contribution in [0.3, 0.4) is 0 Å². The molecule has 0 saturated heterocycles. The predicted molar refractivity (Wildman–Crippen MR) is 101 cm³/mol. The summed E-state index contributed by atoms with van der Waals surface area (Å²) in [6, 6.07) is 0. The zero-order chi connectivity index (χ0) is 16.4. The van der Waals surface area contributed by atoms with Crippen LogP contribution >= 0.6 is 0 Å². The predicted octanol–water partition coefficient (Wildman–Crippen LogP) is 5.68. The molecule has 23 heavy (non-hydrogen) atoms. The Kier molecular flexibility index (Phi) is 4.57. The Balaban J connectivity index is 2.11. The number of hydrogen-bond acceptors (Lipinski definition) is 1. The van der Waals surface area contributed by atoms with E-state index in [-0.39, 0.29) is 5.41 Å². The fourth-order valence-electron chi connectivity index (χ4n) is 3.99. The summed E-state index contributed by atoms with van der Waals surface area (Å²) in [6.45, 7) is 9.99. The first-order valence-corrected chi connectivity index (χ1v) is 9.00. The van der Waals surface area contributed by atoms with Gasteiger partial charge in [-0.15, -0.1) is 0 Å². The first-order chi connectivity index (χ1) is 11.0. The van der Waals surface area contributed by atoms with Crippen LogP contribution in [0, 0.1) is 23.2 Å². The van der Waals surface area contributed by atoms with Gasteiger partial charge in [-0.25, -0.2) is 0 Å². The number of hydrogen-bond donors (Lipinski definition) is 0. The van der Waals surface area contributed by atoms with Crippen LogP contribution in [0.15, 0.2) is 64.7 Å². The van der Waals surface area contributed by atoms with E-state index in [9.17, 15) is 0 Å². The summed E-state index contributed by atoms with van der Waals surface area (Å²) in [7, 11) is 0. The second kappa shape index (κ2) is 6.47. The third-order valence-electron chi connectivity index (χ3n) is 5.71. The van der Waals surface area contributed by atoms with E-state index in [1.807, 2.05) is 0 Å². The number of allylic oxidation sites excluding steroid dienone is 8. The lowest BCUT2D eigenvalue weighted by molar-refractivity contribution is 0.376. The van der Waals surface area contributed by atoms with E-state index in [0.717, 1.165) is 6.54 Å². The molecule has 0 N–H and O–H groups in total. The molecule has 2 aliphatic heterocycles. The number of fused-ring (bicyclic) bond motifs is 2. The smallest absolute Gasteiger partial charge is 0.0600 e. The standard InChI is InChI=1S/C22H29N/c1-5-8-18-11-13-22(4)14-12-21(23-15-22)17(3)16(2)19-9-6-7-10-20(18)19/h6-7,9-14,18-20H,5,8,15H2,1-4H3/b13-11-,17-16-. The first kappa shape index (κ1) is 16.2. The van der Waals surface area contributed by atoms with E-state index in [1.165, 1.54) is 29.7 Å². The Hall–Kier alpha value is -1.63. The molecule has 0 saturated carbocycles. The molecule has 0 aromatic carbocycles. The minimum absolute atomic E-state index is 0.0672. The molecule has 0 spiro atoms. The van der Waals surface area contributed by atoms with Crippen molar-refractivity contribution in [2.75, 3.05) is 6.54 Å². The molecule has 0 aromatic rings. The third-order valence-corrected chi connectivity index (χ3v) is 5.71. The highest BCUT2D eigenvalue weighted by Crippen LogP contribution is 2.39. The highest BCUT2D eigenvalue weighted by Gasteiger charge is 2.30. The molecule has 0 aromatic heterocycles. The topological polar surface area (TPSA) is 12.4 Å². The number of nitrogens with zero attached hydrogens (tertiary/aromatic N) is 1. The van der Waals surface area contributed by atoms with Gasteiger partial charge in [-0.1, -0.05) is 68.4 Å². The molecular weight excluding hydrogens is 278 g/mol. The summed E-state index contributed by atoms with van der Waals surface area (Å²) in [6.07, 6.45) is 21.2. The summed E-state index contributed by atoms with van der Waals surface area (Å²) in [4.78, 5) is 4.89. The molecule has 1 nitrogen and oxygen atoms in total. The van der Waals surface area contributed by atoms with Crippen molar-refractivity contribution in [1.82, 2.24) is 0 Å². The van der Waals surface area contributed by atoms with Crippen LogP contribution in [-0.4, -0.2) is 12.3 Å². The molecular formula is C22H29N. The minimum atomic E-state index is 0.0672. The van der Waals surface area contributed by atoms with Gasteiger partial charge >= 0.3 is 0 Å². The third kappa shape index (κ3) is 3.20. The molecule has 4 rings (SSSR count). The molecule has 4 atom stereocenters. The summed E-state index contributed by atoms with van der Waals surface area (Å²) < 4.78 is 0. The molecule has 4 unspecified atom stereocenters. The van der Waals surface area contributed by atoms with Crippen LogP contribution in [0.25, 0.3) is 0 Å². The molecule has 0 fully saturated rings. The van der Waals surface area contributed by atoms with E-state index >= 15 is 0 Å². The lowest BCUT2D eigenvalue weighted by atomic mass is 9.73. The van der Waals surface area contributed by atoms with Gasteiger partial charge in [0.05, 0.1) is 12.3 Å². The van der Waals surface area contributed by atoms with Crippen molar-refractivity contribution in [1.29, 1.82) is 0 Å². The fourth-order valence-corrected chi connectivity index (χ4v) is 3.99. The molecule has 0 amide bonds. The summed E-state index contributed by atoms with van der Waals surface area (Å²) >= 11 is 0. The summed E-state index contributed by atoms with van der Waals surface area (Å²) in [5.74, 6) is 1.65. The van der Waals surface area contributed by atoms with Gasteiger partial charge < -0.3 is 0 Å². The number of aliphatic imine (C=N–C) groups is 1. The highest BCUT2D eigenvalue weighted by molar-refractivity contribution is 6.09. The minimum Gasteiger partial charge on any atom is -0.284 e. The van der Waals surface area contributed by atoms with Crippen molar-refractivity contribution in [2.24, 2.45) is 28.2 Å². The summed E-state index contributed by atoms with van der Waals surface area (Å²) in [5, 5.41) is 0. The lowest BCUT2D eigenvalue weighted by Gasteiger charge is -2.32. The zero-order valence-electron chi connectivity index (χ0n) is 14.9. The van der Waals surface area contributed by atoms with E-state index in [1.54, 1.807) is 0 Å². The van der Waals surface area contributed by atoms with Gasteiger partial charge in [0.2, 0.25) is 0 Å². The quantitative estimate of drug-likeness (QED) is 0.582. The summed E-state index contributed by atoms with van der Waals surface area (Å²) in [5.41, 5.74) is 4.07. The van der Waals surface area contributed by atoms with Gasteiger partial charge in [-0.05, 0) is 43.8 Å². The average molecular weight is 307 g/mol. The van der Waals surface area contributed by atoms with Crippen LogP contribution in [0.2, 0.25) is 0 Å². The Bertz CT molecular complexity index is 641. The van der Waals surface area contributed by atoms with Crippen molar-refractivity contribution in [3.05, 3.63) is 59.8 Å². The first-order valence-electron chi connectivity index (χ1n) is 9.00. The molecule has 2 aliphatic carbocycles. The zero-order valence-corrected chi connectivity index (χ0v) is 14.9. The fraction of sp³-hybridized carbons (Fsp3) is 0.500. The molecule has 2 bridgehead atoms. The van der Waals surface area contributed by atoms with Crippen LogP contribution in [0.4, 0.5) is 0 Å². The second-order valence-electron chi connectivity index (χ2n) is 7.53. The van der Waals surface area contributed by atoms with E-state index in [4.69, 9.17) is 4.99 Å². The Morgan fingerprint density at radius 3 is 2.61 bits per heavy atom. The van der Waals surface area contributed by atoms with Gasteiger partial charge in [-0.3, -0.25) is 4.99 Å². The van der Waals surface area contributed by atoms with Crippen LogP contribution in [0.5, 0.6) is 0 Å². The monoisotopic (exact) mass is 307 g/mol. The number of rotatable bonds is 2. The Morgan fingerprint density at radius 1 is 1.13 bits per heavy atom. The van der Waals surface area contributed by atoms with Crippen molar-refractivity contribution >= 4 is 5.71 Å². The van der Waals surface area contributed by atoms with E-state index in [2.05, 4.69) is 76.3 Å². The average Bonchev–Trinajstić information content (AvgIpc) is 2.59. The molecule has 1 heteroatoms. The van der Waals surface area contributed by atoms with Crippen molar-refractivity contribution in [2.45, 2.75) is 40.5 Å². The maximum absolute atomic E-state index is 4.89. The van der Waals surface area contributed by atoms with Gasteiger partial charge in [0.25, 0.3) is 0 Å². The van der Waals surface area contributed by atoms with Crippen molar-refractivity contribution in [3.8, 4) is 0 Å². The Labute approximate surface area is 141 Å². The van der Waals surface area contributed by atoms with Gasteiger partial charge in [0.1, 0.15) is 0 Å². The van der Waals surface area contributed by atoms with Crippen molar-refractivity contribution in [3.63, 3.8) is 0 Å². The van der Waals surface area contributed by atoms with Gasteiger partial charge in [-0.2, -0.15) is 0 Å². The lowest BCUT2D eigenvalue weighted by Crippen LogP contribution is -2.23. The molecule has 4 aliphatic rings. The second-order valence-corrected chi connectivity index (χ2v) is 7.53. The molecule has 122 valence electrons. The largest absolute Gasteiger partial charge is 0.284 e. The van der Waals surface area contributed by atoms with Crippen LogP contribution in [0.1, 0.15) is 40.5 Å². The normalized spacial score (nSPS) is 40.5. The highest BCUT2D eigenvalue weighted by atomic mass is 14.8.